The number of hydrogen-bond acceptors (Lipinski definition) is 2. The Hall–Kier alpha value is -1.96. The molecule has 0 amide bonds. The van der Waals surface area contributed by atoms with Gasteiger partial charge in [0, 0.05) is 5.41 Å². The second-order valence-electron chi connectivity index (χ2n) is 8.51. The first kappa shape index (κ1) is 19.4. The second-order valence-corrected chi connectivity index (χ2v) is 8.51. The molecule has 0 aliphatic rings. The van der Waals surface area contributed by atoms with Gasteiger partial charge >= 0.3 is 0 Å². The van der Waals surface area contributed by atoms with Gasteiger partial charge in [0.05, 0.1) is 0 Å². The third-order valence-corrected chi connectivity index (χ3v) is 4.86. The molecular weight excluding hydrogens is 308 g/mol. The molecule has 2 aromatic carbocycles. The summed E-state index contributed by atoms with van der Waals surface area (Å²) in [5, 5.41) is 20.3. The third kappa shape index (κ3) is 4.56. The van der Waals surface area contributed by atoms with Crippen LogP contribution >= 0.6 is 0 Å². The lowest BCUT2D eigenvalue weighted by Gasteiger charge is -2.28. The van der Waals surface area contributed by atoms with E-state index in [1.807, 2.05) is 24.3 Å². The maximum Gasteiger partial charge on any atom is 0.118 e. The van der Waals surface area contributed by atoms with Gasteiger partial charge in [0.1, 0.15) is 11.5 Å². The minimum absolute atomic E-state index is 0.196. The molecule has 0 aliphatic carbocycles. The Balaban J connectivity index is 2.44. The van der Waals surface area contributed by atoms with Gasteiger partial charge in [0.2, 0.25) is 0 Å². The number of hydrogen-bond donors (Lipinski definition) is 2. The van der Waals surface area contributed by atoms with E-state index >= 15 is 0 Å². The molecule has 0 saturated heterocycles. The number of benzene rings is 2. The van der Waals surface area contributed by atoms with Crippen molar-refractivity contribution in [3.63, 3.8) is 0 Å². The first-order chi connectivity index (χ1) is 11.6. The fourth-order valence-corrected chi connectivity index (χ4v) is 3.32. The summed E-state index contributed by atoms with van der Waals surface area (Å²) in [5.74, 6) is 1.74. The molecule has 2 heteroatoms. The normalized spacial score (nSPS) is 12.2. The fraction of sp³-hybridized carbons (Fsp3) is 0.478. The van der Waals surface area contributed by atoms with Gasteiger partial charge in [0.25, 0.3) is 0 Å². The van der Waals surface area contributed by atoms with Crippen LogP contribution in [0.1, 0.15) is 63.8 Å². The van der Waals surface area contributed by atoms with E-state index in [2.05, 4.69) is 53.7 Å². The molecule has 0 radical (unpaired) electrons. The van der Waals surface area contributed by atoms with Crippen LogP contribution in [0.2, 0.25) is 0 Å². The molecule has 0 saturated carbocycles. The highest BCUT2D eigenvalue weighted by Gasteiger charge is 2.25. The number of aromatic hydroxyl groups is 2. The molecule has 2 N–H and O–H groups in total. The number of phenols is 2. The second kappa shape index (κ2) is 7.51. The largest absolute Gasteiger partial charge is 0.508 e. The van der Waals surface area contributed by atoms with Crippen LogP contribution in [0.4, 0.5) is 0 Å². The van der Waals surface area contributed by atoms with Crippen LogP contribution in [-0.2, 0) is 18.3 Å². The molecule has 25 heavy (non-hydrogen) atoms. The quantitative estimate of drug-likeness (QED) is 0.695. The van der Waals surface area contributed by atoms with Crippen LogP contribution in [0, 0.1) is 11.8 Å². The van der Waals surface area contributed by atoms with E-state index in [4.69, 9.17) is 0 Å². The maximum absolute atomic E-state index is 10.2. The Morgan fingerprint density at radius 2 is 1.08 bits per heavy atom. The van der Waals surface area contributed by atoms with E-state index in [0.29, 0.717) is 23.3 Å². The summed E-state index contributed by atoms with van der Waals surface area (Å²) >= 11 is 0. The molecule has 0 aromatic heterocycles. The van der Waals surface area contributed by atoms with Crippen molar-refractivity contribution in [3.05, 3.63) is 58.7 Å². The van der Waals surface area contributed by atoms with Crippen molar-refractivity contribution in [2.24, 2.45) is 11.8 Å². The summed E-state index contributed by atoms with van der Waals surface area (Å²) in [6, 6.07) is 11.9. The monoisotopic (exact) mass is 340 g/mol. The van der Waals surface area contributed by atoms with Crippen LogP contribution in [0.5, 0.6) is 11.5 Å². The van der Waals surface area contributed by atoms with Crippen LogP contribution in [0.3, 0.4) is 0 Å². The zero-order valence-corrected chi connectivity index (χ0v) is 16.4. The maximum atomic E-state index is 10.2. The van der Waals surface area contributed by atoms with Gasteiger partial charge in [-0.25, -0.2) is 0 Å². The minimum Gasteiger partial charge on any atom is -0.508 e. The van der Waals surface area contributed by atoms with Crippen molar-refractivity contribution in [2.45, 2.75) is 59.8 Å². The third-order valence-electron chi connectivity index (χ3n) is 4.86. The summed E-state index contributed by atoms with van der Waals surface area (Å²) in [7, 11) is 0. The average molecular weight is 341 g/mol. The van der Waals surface area contributed by atoms with Gasteiger partial charge in [0.15, 0.2) is 0 Å². The molecule has 0 heterocycles. The molecule has 0 spiro atoms. The van der Waals surface area contributed by atoms with Crippen LogP contribution in [-0.4, -0.2) is 10.2 Å². The SMILES string of the molecule is CC(C)Cc1cc(C(C)(C)c2ccc(O)c(CC(C)C)c2)ccc1O. The summed E-state index contributed by atoms with van der Waals surface area (Å²) in [6.07, 6.45) is 1.73. The van der Waals surface area contributed by atoms with Crippen LogP contribution in [0.25, 0.3) is 0 Å². The van der Waals surface area contributed by atoms with Gasteiger partial charge < -0.3 is 10.2 Å². The van der Waals surface area contributed by atoms with Crippen molar-refractivity contribution in [1.29, 1.82) is 0 Å². The topological polar surface area (TPSA) is 40.5 Å². The molecule has 0 unspecified atom stereocenters. The Bertz CT molecular complexity index is 665. The van der Waals surface area contributed by atoms with Gasteiger partial charge in [-0.3, -0.25) is 0 Å². The Kier molecular flexibility index (Phi) is 5.82. The zero-order chi connectivity index (χ0) is 18.8. The smallest absolute Gasteiger partial charge is 0.118 e. The molecule has 2 nitrogen and oxygen atoms in total. The minimum atomic E-state index is -0.196. The van der Waals surface area contributed by atoms with Crippen molar-refractivity contribution in [3.8, 4) is 11.5 Å². The van der Waals surface area contributed by atoms with Gasteiger partial charge in [-0.05, 0) is 59.1 Å². The van der Waals surface area contributed by atoms with Crippen LogP contribution in [0.15, 0.2) is 36.4 Å². The summed E-state index contributed by atoms with van der Waals surface area (Å²) in [4.78, 5) is 0. The lowest BCUT2D eigenvalue weighted by Crippen LogP contribution is -2.19. The standard InChI is InChI=1S/C23H32O2/c1-15(2)11-17-13-19(7-9-21(17)24)23(5,6)20-8-10-22(25)18(14-20)12-16(3)4/h7-10,13-16,24-25H,11-12H2,1-6H3. The van der Waals surface area contributed by atoms with Crippen molar-refractivity contribution >= 4 is 0 Å². The van der Waals surface area contributed by atoms with Crippen molar-refractivity contribution in [1.82, 2.24) is 0 Å². The lowest BCUT2D eigenvalue weighted by atomic mass is 9.76. The Morgan fingerprint density at radius 3 is 1.40 bits per heavy atom. The summed E-state index contributed by atoms with van der Waals surface area (Å²) < 4.78 is 0. The molecule has 0 aliphatic heterocycles. The molecule has 0 atom stereocenters. The molecule has 2 aromatic rings. The predicted octanol–water partition coefficient (Wildman–Crippen LogP) is 5.82. The van der Waals surface area contributed by atoms with Gasteiger partial charge in [-0.2, -0.15) is 0 Å². The van der Waals surface area contributed by atoms with E-state index in [-0.39, 0.29) is 5.41 Å². The number of phenolic OH excluding ortho intramolecular Hbond substituents is 2. The van der Waals surface area contributed by atoms with Gasteiger partial charge in [-0.1, -0.05) is 65.8 Å². The van der Waals surface area contributed by atoms with Crippen LogP contribution < -0.4 is 0 Å². The molecular formula is C23H32O2. The molecule has 0 fully saturated rings. The fourth-order valence-electron chi connectivity index (χ4n) is 3.32. The highest BCUT2D eigenvalue weighted by Crippen LogP contribution is 2.36. The molecule has 0 bridgehead atoms. The molecule has 136 valence electrons. The predicted molar refractivity (Wildman–Crippen MR) is 105 cm³/mol. The van der Waals surface area contributed by atoms with E-state index in [1.165, 1.54) is 11.1 Å². The molecule has 2 rings (SSSR count). The van der Waals surface area contributed by atoms with E-state index in [9.17, 15) is 10.2 Å². The van der Waals surface area contributed by atoms with Crippen molar-refractivity contribution in [2.75, 3.05) is 0 Å². The zero-order valence-electron chi connectivity index (χ0n) is 16.4. The first-order valence-corrected chi connectivity index (χ1v) is 9.26. The Morgan fingerprint density at radius 1 is 0.720 bits per heavy atom. The Labute approximate surface area is 152 Å². The average Bonchev–Trinajstić information content (AvgIpc) is 2.50. The van der Waals surface area contributed by atoms with E-state index in [1.54, 1.807) is 0 Å². The summed E-state index contributed by atoms with van der Waals surface area (Å²) in [5.41, 5.74) is 4.17. The summed E-state index contributed by atoms with van der Waals surface area (Å²) in [6.45, 7) is 13.0. The van der Waals surface area contributed by atoms with E-state index in [0.717, 1.165) is 24.0 Å². The first-order valence-electron chi connectivity index (χ1n) is 9.26. The lowest BCUT2D eigenvalue weighted by molar-refractivity contribution is 0.460. The van der Waals surface area contributed by atoms with Gasteiger partial charge in [-0.15, -0.1) is 0 Å². The van der Waals surface area contributed by atoms with E-state index < -0.39 is 0 Å². The highest BCUT2D eigenvalue weighted by molar-refractivity contribution is 5.47. The highest BCUT2D eigenvalue weighted by atomic mass is 16.3. The number of rotatable bonds is 6. The van der Waals surface area contributed by atoms with Crippen molar-refractivity contribution < 1.29 is 10.2 Å².